The van der Waals surface area contributed by atoms with Crippen molar-refractivity contribution >= 4 is 32.6 Å². The summed E-state index contributed by atoms with van der Waals surface area (Å²) in [5.74, 6) is -0.451. The molecule has 0 aliphatic heterocycles. The number of pyridine rings is 1. The Bertz CT molecular complexity index is 1350. The molecule has 1 atom stereocenters. The van der Waals surface area contributed by atoms with Gasteiger partial charge in [-0.1, -0.05) is 24.3 Å². The quantitative estimate of drug-likeness (QED) is 0.528. The van der Waals surface area contributed by atoms with Crippen LogP contribution in [0.1, 0.15) is 45.6 Å². The van der Waals surface area contributed by atoms with Gasteiger partial charge in [-0.15, -0.1) is 0 Å². The molecule has 4 rings (SSSR count). The first-order chi connectivity index (χ1) is 15.8. The van der Waals surface area contributed by atoms with E-state index in [2.05, 4.69) is 27.3 Å². The van der Waals surface area contributed by atoms with Crippen LogP contribution in [0, 0.1) is 18.3 Å². The summed E-state index contributed by atoms with van der Waals surface area (Å²) < 4.78 is 13.9. The highest BCUT2D eigenvalue weighted by Gasteiger charge is 2.47. The van der Waals surface area contributed by atoms with Gasteiger partial charge in [0.2, 0.25) is 5.43 Å². The summed E-state index contributed by atoms with van der Waals surface area (Å²) in [5.41, 5.74) is 2.61. The van der Waals surface area contributed by atoms with Gasteiger partial charge in [0.1, 0.15) is 5.56 Å². The van der Waals surface area contributed by atoms with E-state index < -0.39 is 16.7 Å². The van der Waals surface area contributed by atoms with Crippen molar-refractivity contribution in [3.05, 3.63) is 97.4 Å². The lowest BCUT2D eigenvalue weighted by atomic mass is 10.0. The van der Waals surface area contributed by atoms with E-state index in [-0.39, 0.29) is 23.1 Å². The number of nitrogens with zero attached hydrogens (tertiary/aromatic N) is 2. The maximum absolute atomic E-state index is 13.0. The minimum absolute atomic E-state index is 0.0682. The predicted molar refractivity (Wildman–Crippen MR) is 131 cm³/mol. The molecule has 33 heavy (non-hydrogen) atoms. The molecule has 1 heterocycles. The van der Waals surface area contributed by atoms with Gasteiger partial charge in [0.15, 0.2) is 0 Å². The average molecular weight is 524 g/mol. The number of aromatic nitrogens is 1. The third-order valence-electron chi connectivity index (χ3n) is 6.07. The number of carbonyl (C=O) groups excluding carboxylic acids is 1. The van der Waals surface area contributed by atoms with E-state index in [4.69, 9.17) is 5.26 Å². The van der Waals surface area contributed by atoms with Crippen LogP contribution < -0.4 is 10.7 Å². The Hall–Kier alpha value is -3.02. The molecular formula is C25H22BrN3O3S. The Morgan fingerprint density at radius 2 is 1.82 bits per heavy atom. The molecule has 0 saturated heterocycles. The topological polar surface area (TPSA) is 92.0 Å². The van der Waals surface area contributed by atoms with Crippen molar-refractivity contribution in [2.75, 3.05) is 6.26 Å². The smallest absolute Gasteiger partial charge is 0.257 e. The zero-order valence-electron chi connectivity index (χ0n) is 18.2. The zero-order chi connectivity index (χ0) is 23.8. The second-order valence-corrected chi connectivity index (χ2v) is 10.3. The van der Waals surface area contributed by atoms with Gasteiger partial charge in [0.05, 0.1) is 21.6 Å². The third kappa shape index (κ3) is 4.43. The van der Waals surface area contributed by atoms with Crippen molar-refractivity contribution in [3.8, 4) is 6.07 Å². The van der Waals surface area contributed by atoms with E-state index in [1.54, 1.807) is 36.7 Å². The largest absolute Gasteiger partial charge is 0.348 e. The molecule has 1 unspecified atom stereocenters. The van der Waals surface area contributed by atoms with Gasteiger partial charge in [-0.25, -0.2) is 0 Å². The van der Waals surface area contributed by atoms with Gasteiger partial charge in [-0.3, -0.25) is 13.8 Å². The normalized spacial score (nSPS) is 14.8. The fourth-order valence-corrected chi connectivity index (χ4v) is 4.92. The van der Waals surface area contributed by atoms with Crippen molar-refractivity contribution < 1.29 is 9.00 Å². The lowest BCUT2D eigenvalue weighted by Gasteiger charge is -2.25. The van der Waals surface area contributed by atoms with Crippen molar-refractivity contribution in [1.82, 2.24) is 9.88 Å². The van der Waals surface area contributed by atoms with Gasteiger partial charge in [-0.2, -0.15) is 5.26 Å². The van der Waals surface area contributed by atoms with Gasteiger partial charge < -0.3 is 9.88 Å². The monoisotopic (exact) mass is 523 g/mol. The highest BCUT2D eigenvalue weighted by molar-refractivity contribution is 9.10. The van der Waals surface area contributed by atoms with Gasteiger partial charge in [-0.05, 0) is 71.1 Å². The van der Waals surface area contributed by atoms with E-state index in [1.165, 1.54) is 0 Å². The molecule has 168 valence electrons. The first-order valence-corrected chi connectivity index (χ1v) is 12.8. The predicted octanol–water partition coefficient (Wildman–Crippen LogP) is 4.00. The van der Waals surface area contributed by atoms with Gasteiger partial charge in [0, 0.05) is 40.4 Å². The molecule has 1 aliphatic carbocycles. The van der Waals surface area contributed by atoms with E-state index in [9.17, 15) is 13.8 Å². The third-order valence-corrected chi connectivity index (χ3v) is 7.94. The van der Waals surface area contributed by atoms with Crippen molar-refractivity contribution in [1.29, 1.82) is 5.26 Å². The van der Waals surface area contributed by atoms with Crippen LogP contribution in [-0.2, 0) is 22.9 Å². The molecule has 0 radical (unpaired) electrons. The van der Waals surface area contributed by atoms with E-state index in [1.807, 2.05) is 35.8 Å². The van der Waals surface area contributed by atoms with Crippen LogP contribution in [0.2, 0.25) is 0 Å². The summed E-state index contributed by atoms with van der Waals surface area (Å²) in [4.78, 5) is 26.6. The Balaban J connectivity index is 1.63. The molecule has 6 nitrogen and oxygen atoms in total. The number of carbonyl (C=O) groups is 1. The number of amides is 1. The van der Waals surface area contributed by atoms with Crippen LogP contribution >= 0.6 is 15.9 Å². The van der Waals surface area contributed by atoms with Crippen LogP contribution in [0.3, 0.4) is 0 Å². The summed E-state index contributed by atoms with van der Waals surface area (Å²) in [6.45, 7) is 2.11. The number of rotatable bonds is 6. The molecule has 1 aliphatic rings. The number of nitrogens with one attached hydrogen (secondary N) is 1. The SMILES string of the molecule is Cc1c(Br)c(=O)c(C(=O)NCc2ccc(S(C)=O)cc2)cn1C1(c2ccc(C#N)cc2)CC1. The van der Waals surface area contributed by atoms with Crippen molar-refractivity contribution in [2.45, 2.75) is 36.7 Å². The summed E-state index contributed by atoms with van der Waals surface area (Å²) in [6.07, 6.45) is 5.01. The summed E-state index contributed by atoms with van der Waals surface area (Å²) >= 11 is 3.40. The van der Waals surface area contributed by atoms with Crippen LogP contribution in [0.25, 0.3) is 0 Å². The molecular weight excluding hydrogens is 502 g/mol. The van der Waals surface area contributed by atoms with Crippen LogP contribution in [0.15, 0.2) is 68.9 Å². The Morgan fingerprint density at radius 1 is 1.18 bits per heavy atom. The maximum atomic E-state index is 13.0. The molecule has 1 aromatic heterocycles. The molecule has 8 heteroatoms. The second-order valence-electron chi connectivity index (χ2n) is 8.14. The first-order valence-electron chi connectivity index (χ1n) is 10.4. The Morgan fingerprint density at radius 3 is 2.36 bits per heavy atom. The zero-order valence-corrected chi connectivity index (χ0v) is 20.6. The molecule has 1 saturated carbocycles. The maximum Gasteiger partial charge on any atom is 0.257 e. The van der Waals surface area contributed by atoms with Gasteiger partial charge in [0.25, 0.3) is 5.91 Å². The molecule has 3 aromatic rings. The van der Waals surface area contributed by atoms with Crippen LogP contribution in [0.5, 0.6) is 0 Å². The van der Waals surface area contributed by atoms with Crippen molar-refractivity contribution in [2.24, 2.45) is 0 Å². The summed E-state index contributed by atoms with van der Waals surface area (Å²) in [5, 5.41) is 11.9. The van der Waals surface area contributed by atoms with Crippen LogP contribution in [-0.4, -0.2) is 20.9 Å². The minimum Gasteiger partial charge on any atom is -0.348 e. The van der Waals surface area contributed by atoms with Crippen LogP contribution in [0.4, 0.5) is 0 Å². The molecule has 1 amide bonds. The minimum atomic E-state index is -1.06. The van der Waals surface area contributed by atoms with E-state index in [0.717, 1.165) is 29.7 Å². The molecule has 0 spiro atoms. The molecule has 2 aromatic carbocycles. The molecule has 1 N–H and O–H groups in total. The fraction of sp³-hybridized carbons (Fsp3) is 0.240. The number of benzene rings is 2. The second kappa shape index (κ2) is 9.08. The summed E-state index contributed by atoms with van der Waals surface area (Å²) in [7, 11) is -1.06. The number of halogens is 1. The fourth-order valence-electron chi connectivity index (χ4n) is 4.00. The molecule has 1 fully saturated rings. The Labute approximate surface area is 202 Å². The average Bonchev–Trinajstić information content (AvgIpc) is 3.63. The van der Waals surface area contributed by atoms with Crippen molar-refractivity contribution in [3.63, 3.8) is 0 Å². The lowest BCUT2D eigenvalue weighted by Crippen LogP contribution is -2.32. The van der Waals surface area contributed by atoms with E-state index >= 15 is 0 Å². The summed E-state index contributed by atoms with van der Waals surface area (Å²) in [6, 6.07) is 16.7. The highest BCUT2D eigenvalue weighted by Crippen LogP contribution is 2.50. The number of hydrogen-bond donors (Lipinski definition) is 1. The van der Waals surface area contributed by atoms with Gasteiger partial charge >= 0.3 is 0 Å². The highest BCUT2D eigenvalue weighted by atomic mass is 79.9. The standard InChI is InChI=1S/C25H22BrN3O3S/c1-16-22(26)23(30)21(24(31)28-14-18-5-9-20(10-6-18)33(2)32)15-29(16)25(11-12-25)19-7-3-17(13-27)4-8-19/h3-10,15H,11-12,14H2,1-2H3,(H,28,31). The Kier molecular flexibility index (Phi) is 6.37. The number of hydrogen-bond acceptors (Lipinski definition) is 4. The van der Waals surface area contributed by atoms with E-state index in [0.29, 0.717) is 14.9 Å². The lowest BCUT2D eigenvalue weighted by molar-refractivity contribution is 0.0948. The first kappa shape index (κ1) is 23.1. The molecule has 0 bridgehead atoms. The number of nitriles is 1.